The Morgan fingerprint density at radius 1 is 1.30 bits per heavy atom. The quantitative estimate of drug-likeness (QED) is 0.532. The van der Waals surface area contributed by atoms with Crippen LogP contribution in [0.25, 0.3) is 0 Å². The predicted molar refractivity (Wildman–Crippen MR) is 38.9 cm³/mol. The number of hydrogen-bond donors (Lipinski definition) is 2. The first-order valence-electron chi connectivity index (χ1n) is 3.68. The fourth-order valence-electron chi connectivity index (χ4n) is 1.33. The highest BCUT2D eigenvalue weighted by Crippen LogP contribution is 2.07. The highest BCUT2D eigenvalue weighted by Gasteiger charge is 2.07. The molecule has 2 rings (SSSR count). The highest BCUT2D eigenvalue weighted by atomic mass is 15.1. The molecule has 0 saturated heterocycles. The van der Waals surface area contributed by atoms with Crippen molar-refractivity contribution in [2.45, 2.75) is 12.8 Å². The minimum absolute atomic E-state index is 1.08. The molecular weight excluding hydrogens is 126 g/mol. The van der Waals surface area contributed by atoms with E-state index in [0.29, 0.717) is 0 Å². The normalized spacial score (nSPS) is 18.0. The molecule has 54 valence electrons. The van der Waals surface area contributed by atoms with Crippen molar-refractivity contribution in [2.24, 2.45) is 0 Å². The van der Waals surface area contributed by atoms with Crippen molar-refractivity contribution in [3.05, 3.63) is 17.5 Å². The fraction of sp³-hybridized carbons (Fsp3) is 0.571. The monoisotopic (exact) mass is 137 g/mol. The van der Waals surface area contributed by atoms with Gasteiger partial charge in [-0.25, -0.2) is 0 Å². The summed E-state index contributed by atoms with van der Waals surface area (Å²) < 4.78 is 0. The Hall–Kier alpha value is -0.830. The van der Waals surface area contributed by atoms with Gasteiger partial charge in [0.2, 0.25) is 0 Å². The van der Waals surface area contributed by atoms with E-state index in [-0.39, 0.29) is 0 Å². The first-order chi connectivity index (χ1) is 4.97. The minimum Gasteiger partial charge on any atom is -0.316 e. The topological polar surface area (TPSA) is 40.7 Å². The molecule has 1 aliphatic heterocycles. The highest BCUT2D eigenvalue weighted by molar-refractivity contribution is 5.18. The van der Waals surface area contributed by atoms with Crippen LogP contribution >= 0.6 is 0 Å². The van der Waals surface area contributed by atoms with Crippen molar-refractivity contribution in [3.8, 4) is 0 Å². The van der Waals surface area contributed by atoms with Crippen LogP contribution in [0.2, 0.25) is 0 Å². The van der Waals surface area contributed by atoms with Crippen LogP contribution in [0.1, 0.15) is 11.3 Å². The van der Waals surface area contributed by atoms with Crippen molar-refractivity contribution in [2.75, 3.05) is 13.1 Å². The molecule has 0 fully saturated rings. The van der Waals surface area contributed by atoms with Gasteiger partial charge in [-0.1, -0.05) is 0 Å². The number of fused-ring (bicyclic) bond motifs is 1. The first-order valence-corrected chi connectivity index (χ1v) is 3.68. The Kier molecular flexibility index (Phi) is 1.43. The minimum atomic E-state index is 1.08. The van der Waals surface area contributed by atoms with Crippen molar-refractivity contribution in [1.29, 1.82) is 0 Å². The van der Waals surface area contributed by atoms with Crippen LogP contribution < -0.4 is 5.32 Å². The molecular formula is C7H11N3. The molecule has 0 spiro atoms. The van der Waals surface area contributed by atoms with Gasteiger partial charge in [0.05, 0.1) is 6.20 Å². The third-order valence-electron chi connectivity index (χ3n) is 1.93. The number of aromatic amines is 1. The molecule has 2 heterocycles. The van der Waals surface area contributed by atoms with E-state index in [0.717, 1.165) is 25.9 Å². The molecule has 0 unspecified atom stereocenters. The van der Waals surface area contributed by atoms with Gasteiger partial charge in [0.15, 0.2) is 0 Å². The van der Waals surface area contributed by atoms with E-state index >= 15 is 0 Å². The van der Waals surface area contributed by atoms with Crippen LogP contribution in [0.4, 0.5) is 0 Å². The zero-order valence-electron chi connectivity index (χ0n) is 5.85. The molecule has 1 aliphatic rings. The van der Waals surface area contributed by atoms with Crippen molar-refractivity contribution < 1.29 is 0 Å². The maximum Gasteiger partial charge on any atom is 0.0522 e. The molecule has 0 radical (unpaired) electrons. The van der Waals surface area contributed by atoms with Gasteiger partial charge in [0.25, 0.3) is 0 Å². The van der Waals surface area contributed by atoms with Crippen molar-refractivity contribution in [1.82, 2.24) is 15.5 Å². The summed E-state index contributed by atoms with van der Waals surface area (Å²) in [6.45, 7) is 2.17. The Balaban J connectivity index is 2.28. The van der Waals surface area contributed by atoms with Gasteiger partial charge in [-0.05, 0) is 18.5 Å². The molecule has 1 aromatic rings. The molecule has 0 amide bonds. The molecule has 10 heavy (non-hydrogen) atoms. The molecule has 1 aromatic heterocycles. The van der Waals surface area contributed by atoms with E-state index in [2.05, 4.69) is 15.5 Å². The Morgan fingerprint density at radius 2 is 2.20 bits per heavy atom. The van der Waals surface area contributed by atoms with Crippen molar-refractivity contribution in [3.63, 3.8) is 0 Å². The number of rotatable bonds is 0. The maximum atomic E-state index is 3.99. The van der Waals surface area contributed by atoms with Gasteiger partial charge < -0.3 is 5.32 Å². The van der Waals surface area contributed by atoms with E-state index in [9.17, 15) is 0 Å². The summed E-state index contributed by atoms with van der Waals surface area (Å²) in [4.78, 5) is 0. The second-order valence-electron chi connectivity index (χ2n) is 2.62. The van der Waals surface area contributed by atoms with E-state index in [1.807, 2.05) is 6.20 Å². The van der Waals surface area contributed by atoms with Crippen molar-refractivity contribution >= 4 is 0 Å². The Bertz CT molecular complexity index is 196. The van der Waals surface area contributed by atoms with E-state index < -0.39 is 0 Å². The van der Waals surface area contributed by atoms with Crippen LogP contribution in [0.5, 0.6) is 0 Å². The molecule has 0 aromatic carbocycles. The average Bonchev–Trinajstić information content (AvgIpc) is 2.28. The summed E-state index contributed by atoms with van der Waals surface area (Å²) >= 11 is 0. The molecule has 0 atom stereocenters. The van der Waals surface area contributed by atoms with Gasteiger partial charge in [0.1, 0.15) is 0 Å². The summed E-state index contributed by atoms with van der Waals surface area (Å²) in [5, 5.41) is 10.3. The summed E-state index contributed by atoms with van der Waals surface area (Å²) in [6.07, 6.45) is 4.14. The largest absolute Gasteiger partial charge is 0.316 e. The second-order valence-corrected chi connectivity index (χ2v) is 2.62. The summed E-state index contributed by atoms with van der Waals surface area (Å²) in [5.74, 6) is 0. The number of aromatic nitrogens is 2. The third-order valence-corrected chi connectivity index (χ3v) is 1.93. The van der Waals surface area contributed by atoms with E-state index in [1.165, 1.54) is 11.3 Å². The first kappa shape index (κ1) is 5.92. The van der Waals surface area contributed by atoms with Crippen LogP contribution in [-0.4, -0.2) is 23.3 Å². The maximum absolute atomic E-state index is 3.99. The molecule has 0 bridgehead atoms. The summed E-state index contributed by atoms with van der Waals surface area (Å²) in [5.41, 5.74) is 2.69. The standard InChI is InChI=1S/C7H11N3/c1-3-8-4-2-7-6(1)5-9-10-7/h5,8H,1-4H2,(H,9,10). The predicted octanol–water partition coefficient (Wildman–Crippen LogP) is 0.0979. The van der Waals surface area contributed by atoms with Crippen LogP contribution in [-0.2, 0) is 12.8 Å². The number of H-pyrrole nitrogens is 1. The van der Waals surface area contributed by atoms with Crippen LogP contribution in [0.3, 0.4) is 0 Å². The fourth-order valence-corrected chi connectivity index (χ4v) is 1.33. The zero-order chi connectivity index (χ0) is 6.81. The number of nitrogens with zero attached hydrogens (tertiary/aromatic N) is 1. The van der Waals surface area contributed by atoms with E-state index in [1.54, 1.807) is 0 Å². The SMILES string of the molecule is c1n[nH]c2c1CCNCC2. The zero-order valence-corrected chi connectivity index (χ0v) is 5.85. The summed E-state index contributed by atoms with van der Waals surface area (Å²) in [6, 6.07) is 0. The van der Waals surface area contributed by atoms with Gasteiger partial charge in [-0.2, -0.15) is 5.10 Å². The smallest absolute Gasteiger partial charge is 0.0522 e. The Morgan fingerprint density at radius 3 is 3.20 bits per heavy atom. The third kappa shape index (κ3) is 0.926. The van der Waals surface area contributed by atoms with Gasteiger partial charge in [-0.3, -0.25) is 5.10 Å². The molecule has 3 nitrogen and oxygen atoms in total. The number of hydrogen-bond acceptors (Lipinski definition) is 2. The average molecular weight is 137 g/mol. The lowest BCUT2D eigenvalue weighted by molar-refractivity contribution is 0.703. The second kappa shape index (κ2) is 2.42. The lowest BCUT2D eigenvalue weighted by Gasteiger charge is -1.93. The van der Waals surface area contributed by atoms with Crippen LogP contribution in [0, 0.1) is 0 Å². The van der Waals surface area contributed by atoms with Gasteiger partial charge in [-0.15, -0.1) is 0 Å². The number of nitrogens with one attached hydrogen (secondary N) is 2. The lowest BCUT2D eigenvalue weighted by atomic mass is 10.2. The Labute approximate surface area is 59.8 Å². The molecule has 0 aliphatic carbocycles. The van der Waals surface area contributed by atoms with E-state index in [4.69, 9.17) is 0 Å². The summed E-state index contributed by atoms with van der Waals surface area (Å²) in [7, 11) is 0. The molecule has 2 N–H and O–H groups in total. The van der Waals surface area contributed by atoms with Gasteiger partial charge in [0, 0.05) is 18.7 Å². The molecule has 3 heteroatoms. The molecule has 0 saturated carbocycles. The lowest BCUT2D eigenvalue weighted by Crippen LogP contribution is -2.16. The van der Waals surface area contributed by atoms with Crippen LogP contribution in [0.15, 0.2) is 6.20 Å². The van der Waals surface area contributed by atoms with Gasteiger partial charge >= 0.3 is 0 Å².